The molecule has 1 atom stereocenters. The van der Waals surface area contributed by atoms with Gasteiger partial charge >= 0.3 is 6.03 Å². The second-order valence-electron chi connectivity index (χ2n) is 9.85. The van der Waals surface area contributed by atoms with Crippen LogP contribution in [0, 0.1) is 5.92 Å². The van der Waals surface area contributed by atoms with Gasteiger partial charge in [-0.2, -0.15) is 0 Å². The first kappa shape index (κ1) is 21.6. The average Bonchev–Trinajstić information content (AvgIpc) is 3.35. The molecule has 4 rings (SSSR count). The van der Waals surface area contributed by atoms with Crippen LogP contribution in [0.5, 0.6) is 0 Å². The van der Waals surface area contributed by atoms with Crippen molar-refractivity contribution in [1.29, 1.82) is 0 Å². The van der Waals surface area contributed by atoms with E-state index in [-0.39, 0.29) is 23.9 Å². The Morgan fingerprint density at radius 3 is 2.50 bits per heavy atom. The van der Waals surface area contributed by atoms with Crippen molar-refractivity contribution in [3.05, 3.63) is 0 Å². The van der Waals surface area contributed by atoms with Gasteiger partial charge in [0.2, 0.25) is 5.91 Å². The van der Waals surface area contributed by atoms with Crippen molar-refractivity contribution in [2.45, 2.75) is 89.1 Å². The minimum absolute atomic E-state index is 0.0612. The molecular formula is C23H38N4O3. The van der Waals surface area contributed by atoms with Gasteiger partial charge in [0.15, 0.2) is 0 Å². The van der Waals surface area contributed by atoms with E-state index in [4.69, 9.17) is 0 Å². The number of rotatable bonds is 6. The van der Waals surface area contributed by atoms with Crippen molar-refractivity contribution >= 4 is 17.8 Å². The van der Waals surface area contributed by atoms with Gasteiger partial charge < -0.3 is 15.1 Å². The van der Waals surface area contributed by atoms with E-state index in [0.717, 1.165) is 51.9 Å². The SMILES string of the molecule is CCCN1CCC2(CC1)NC(=O)N([C@@H]1CCCN(C(=O)CCC3CCCC3)C1)C2=O. The molecule has 0 radical (unpaired) electrons. The summed E-state index contributed by atoms with van der Waals surface area (Å²) in [6.45, 7) is 6.16. The number of carbonyl (C=O) groups is 3. The van der Waals surface area contributed by atoms with Crippen LogP contribution in [0.4, 0.5) is 4.79 Å². The van der Waals surface area contributed by atoms with Crippen LogP contribution in [-0.4, -0.2) is 76.8 Å². The molecular weight excluding hydrogens is 380 g/mol. The van der Waals surface area contributed by atoms with E-state index in [2.05, 4.69) is 17.1 Å². The van der Waals surface area contributed by atoms with Gasteiger partial charge in [-0.3, -0.25) is 14.5 Å². The van der Waals surface area contributed by atoms with Crippen molar-refractivity contribution in [2.75, 3.05) is 32.7 Å². The summed E-state index contributed by atoms with van der Waals surface area (Å²) in [5.74, 6) is 0.842. The number of nitrogens with zero attached hydrogens (tertiary/aromatic N) is 3. The quantitative estimate of drug-likeness (QED) is 0.673. The van der Waals surface area contributed by atoms with Crippen LogP contribution < -0.4 is 5.32 Å². The van der Waals surface area contributed by atoms with Crippen LogP contribution in [0.3, 0.4) is 0 Å². The van der Waals surface area contributed by atoms with Crippen molar-refractivity contribution < 1.29 is 14.4 Å². The summed E-state index contributed by atoms with van der Waals surface area (Å²) in [5.41, 5.74) is -0.726. The van der Waals surface area contributed by atoms with Crippen molar-refractivity contribution in [2.24, 2.45) is 5.92 Å². The summed E-state index contributed by atoms with van der Waals surface area (Å²) in [6.07, 6.45) is 10.8. The average molecular weight is 419 g/mol. The van der Waals surface area contributed by atoms with E-state index in [1.54, 1.807) is 0 Å². The Morgan fingerprint density at radius 2 is 1.80 bits per heavy atom. The van der Waals surface area contributed by atoms with E-state index in [1.165, 1.54) is 30.6 Å². The van der Waals surface area contributed by atoms with Crippen LogP contribution in [0.25, 0.3) is 0 Å². The fraction of sp³-hybridized carbons (Fsp3) is 0.870. The Hall–Kier alpha value is -1.63. The maximum Gasteiger partial charge on any atom is 0.325 e. The second-order valence-corrected chi connectivity index (χ2v) is 9.85. The number of hydrogen-bond acceptors (Lipinski definition) is 4. The summed E-state index contributed by atoms with van der Waals surface area (Å²) < 4.78 is 0. The molecule has 0 aromatic carbocycles. The number of imide groups is 1. The van der Waals surface area contributed by atoms with Crippen LogP contribution in [-0.2, 0) is 9.59 Å². The molecule has 1 spiro atoms. The Kier molecular flexibility index (Phi) is 6.66. The standard InChI is InChI=1S/C23H38N4O3/c1-2-13-25-15-11-23(12-16-25)21(29)27(22(30)24-23)19-8-5-14-26(17-19)20(28)10-9-18-6-3-4-7-18/h18-19H,2-17H2,1H3,(H,24,30)/t19-/m1/s1. The first-order chi connectivity index (χ1) is 14.5. The maximum absolute atomic E-state index is 13.4. The predicted molar refractivity (Wildman–Crippen MR) is 115 cm³/mol. The largest absolute Gasteiger partial charge is 0.341 e. The molecule has 0 bridgehead atoms. The third kappa shape index (κ3) is 4.36. The van der Waals surface area contributed by atoms with E-state index >= 15 is 0 Å². The van der Waals surface area contributed by atoms with Gasteiger partial charge in [0.05, 0.1) is 6.04 Å². The van der Waals surface area contributed by atoms with E-state index < -0.39 is 5.54 Å². The van der Waals surface area contributed by atoms with Crippen molar-refractivity contribution in [3.8, 4) is 0 Å². The molecule has 7 nitrogen and oxygen atoms in total. The molecule has 1 saturated carbocycles. The Balaban J connectivity index is 1.34. The van der Waals surface area contributed by atoms with Gasteiger partial charge in [-0.15, -0.1) is 0 Å². The molecule has 0 unspecified atom stereocenters. The van der Waals surface area contributed by atoms with Crippen LogP contribution >= 0.6 is 0 Å². The lowest BCUT2D eigenvalue weighted by Gasteiger charge is -2.39. The molecule has 0 aromatic heterocycles. The number of nitrogens with one attached hydrogen (secondary N) is 1. The smallest absolute Gasteiger partial charge is 0.325 e. The minimum atomic E-state index is -0.726. The highest BCUT2D eigenvalue weighted by atomic mass is 16.2. The van der Waals surface area contributed by atoms with Gasteiger partial charge in [-0.1, -0.05) is 32.6 Å². The molecule has 3 heterocycles. The highest BCUT2D eigenvalue weighted by Gasteiger charge is 2.54. The lowest BCUT2D eigenvalue weighted by atomic mass is 9.87. The van der Waals surface area contributed by atoms with E-state index in [0.29, 0.717) is 31.7 Å². The Bertz CT molecular complexity index is 653. The molecule has 4 fully saturated rings. The Morgan fingerprint density at radius 1 is 1.07 bits per heavy atom. The summed E-state index contributed by atoms with van der Waals surface area (Å²) in [5, 5.41) is 3.04. The zero-order valence-corrected chi connectivity index (χ0v) is 18.5. The number of hydrogen-bond donors (Lipinski definition) is 1. The lowest BCUT2D eigenvalue weighted by Crippen LogP contribution is -2.56. The van der Waals surface area contributed by atoms with E-state index in [1.807, 2.05) is 4.90 Å². The van der Waals surface area contributed by atoms with Gasteiger partial charge in [-0.25, -0.2) is 4.79 Å². The van der Waals surface area contributed by atoms with Gasteiger partial charge in [0, 0.05) is 32.6 Å². The third-order valence-corrected chi connectivity index (χ3v) is 7.80. The van der Waals surface area contributed by atoms with Crippen LogP contribution in [0.1, 0.15) is 77.6 Å². The summed E-state index contributed by atoms with van der Waals surface area (Å²) in [4.78, 5) is 44.7. The van der Waals surface area contributed by atoms with Gasteiger partial charge in [0.25, 0.3) is 5.91 Å². The molecule has 1 N–H and O–H groups in total. The molecule has 4 amide bonds. The normalized spacial score (nSPS) is 27.8. The molecule has 7 heteroatoms. The van der Waals surface area contributed by atoms with Gasteiger partial charge in [0.1, 0.15) is 5.54 Å². The highest BCUT2D eigenvalue weighted by molar-refractivity contribution is 6.07. The number of likely N-dealkylation sites (tertiary alicyclic amines) is 2. The fourth-order valence-electron chi connectivity index (χ4n) is 5.96. The lowest BCUT2D eigenvalue weighted by molar-refractivity contribution is -0.139. The second kappa shape index (κ2) is 9.25. The topological polar surface area (TPSA) is 73.0 Å². The zero-order valence-electron chi connectivity index (χ0n) is 18.5. The molecule has 1 aliphatic carbocycles. The molecule has 0 aromatic rings. The van der Waals surface area contributed by atoms with Crippen LogP contribution in [0.15, 0.2) is 0 Å². The number of carbonyl (C=O) groups excluding carboxylic acids is 3. The molecule has 3 aliphatic heterocycles. The molecule has 30 heavy (non-hydrogen) atoms. The minimum Gasteiger partial charge on any atom is -0.341 e. The molecule has 168 valence electrons. The number of piperidine rings is 2. The monoisotopic (exact) mass is 418 g/mol. The summed E-state index contributed by atoms with van der Waals surface area (Å²) in [7, 11) is 0. The molecule has 3 saturated heterocycles. The van der Waals surface area contributed by atoms with Crippen molar-refractivity contribution in [1.82, 2.24) is 20.0 Å². The van der Waals surface area contributed by atoms with Crippen molar-refractivity contribution in [3.63, 3.8) is 0 Å². The highest BCUT2D eigenvalue weighted by Crippen LogP contribution is 2.33. The first-order valence-corrected chi connectivity index (χ1v) is 12.2. The summed E-state index contributed by atoms with van der Waals surface area (Å²) >= 11 is 0. The fourth-order valence-corrected chi connectivity index (χ4v) is 5.96. The summed E-state index contributed by atoms with van der Waals surface area (Å²) in [6, 6.07) is -0.441. The Labute approximate surface area is 180 Å². The predicted octanol–water partition coefficient (Wildman–Crippen LogP) is 2.74. The number of amides is 4. The molecule has 4 aliphatic rings. The number of urea groups is 1. The third-order valence-electron chi connectivity index (χ3n) is 7.80. The van der Waals surface area contributed by atoms with Gasteiger partial charge in [-0.05, 0) is 51.0 Å². The van der Waals surface area contributed by atoms with Crippen LogP contribution in [0.2, 0.25) is 0 Å². The zero-order chi connectivity index (χ0) is 21.1. The maximum atomic E-state index is 13.4. The first-order valence-electron chi connectivity index (χ1n) is 12.2. The van der Waals surface area contributed by atoms with E-state index in [9.17, 15) is 14.4 Å².